The Morgan fingerprint density at radius 2 is 2.19 bits per heavy atom. The van der Waals surface area contributed by atoms with E-state index >= 15 is 0 Å². The lowest BCUT2D eigenvalue weighted by Gasteiger charge is -2.31. The molecule has 1 atom stereocenters. The summed E-state index contributed by atoms with van der Waals surface area (Å²) in [6, 6.07) is 11.6. The Kier molecular flexibility index (Phi) is 4.01. The average molecular weight is 285 g/mol. The van der Waals surface area contributed by atoms with E-state index in [1.54, 1.807) is 11.0 Å². The molecule has 1 aromatic heterocycles. The minimum Gasteiger partial charge on any atom is -0.396 e. The van der Waals surface area contributed by atoms with E-state index in [2.05, 4.69) is 10.2 Å². The number of rotatable bonds is 3. The molecular formula is C16H19N3O2. The second-order valence-corrected chi connectivity index (χ2v) is 5.47. The van der Waals surface area contributed by atoms with Gasteiger partial charge >= 0.3 is 0 Å². The van der Waals surface area contributed by atoms with Gasteiger partial charge in [0.1, 0.15) is 5.69 Å². The van der Waals surface area contributed by atoms with Crippen molar-refractivity contribution in [3.63, 3.8) is 0 Å². The molecule has 2 aromatic rings. The monoisotopic (exact) mass is 285 g/mol. The molecule has 21 heavy (non-hydrogen) atoms. The first-order valence-corrected chi connectivity index (χ1v) is 7.29. The Morgan fingerprint density at radius 3 is 2.95 bits per heavy atom. The van der Waals surface area contributed by atoms with Crippen LogP contribution in [-0.4, -0.2) is 45.8 Å². The molecule has 0 aliphatic carbocycles. The summed E-state index contributed by atoms with van der Waals surface area (Å²) in [6.45, 7) is 1.51. The summed E-state index contributed by atoms with van der Waals surface area (Å²) in [5.41, 5.74) is 2.27. The van der Waals surface area contributed by atoms with Crippen molar-refractivity contribution in [1.29, 1.82) is 0 Å². The highest BCUT2D eigenvalue weighted by atomic mass is 16.3. The first kappa shape index (κ1) is 13.8. The number of aliphatic hydroxyl groups excluding tert-OH is 1. The molecule has 5 heteroatoms. The van der Waals surface area contributed by atoms with Gasteiger partial charge in [-0.25, -0.2) is 0 Å². The number of H-pyrrole nitrogens is 1. The summed E-state index contributed by atoms with van der Waals surface area (Å²) in [5.74, 6) is 0.155. The number of aromatic nitrogens is 2. The Labute approximate surface area is 123 Å². The van der Waals surface area contributed by atoms with Gasteiger partial charge in [-0.05, 0) is 24.8 Å². The zero-order valence-electron chi connectivity index (χ0n) is 11.8. The van der Waals surface area contributed by atoms with E-state index in [9.17, 15) is 9.90 Å². The minimum atomic E-state index is -0.0390. The van der Waals surface area contributed by atoms with Crippen molar-refractivity contribution >= 4 is 5.91 Å². The maximum atomic E-state index is 12.5. The minimum absolute atomic E-state index is 0.0390. The fourth-order valence-electron chi connectivity index (χ4n) is 2.76. The van der Waals surface area contributed by atoms with Crippen molar-refractivity contribution < 1.29 is 9.90 Å². The summed E-state index contributed by atoms with van der Waals surface area (Å²) in [6.07, 6.45) is 1.93. The Balaban J connectivity index is 1.75. The van der Waals surface area contributed by atoms with E-state index in [0.29, 0.717) is 12.2 Å². The molecule has 1 aliphatic rings. The SMILES string of the molecule is O=C(c1cc(-c2ccccc2)n[nH]1)N1CCCC(CO)C1. The highest BCUT2D eigenvalue weighted by molar-refractivity contribution is 5.93. The largest absolute Gasteiger partial charge is 0.396 e. The predicted octanol–water partition coefficient (Wildman–Crippen LogP) is 1.92. The molecule has 1 amide bonds. The van der Waals surface area contributed by atoms with Crippen LogP contribution in [0.3, 0.4) is 0 Å². The van der Waals surface area contributed by atoms with Crippen molar-refractivity contribution in [2.24, 2.45) is 5.92 Å². The van der Waals surface area contributed by atoms with Crippen LogP contribution in [0.4, 0.5) is 0 Å². The number of nitrogens with zero attached hydrogens (tertiary/aromatic N) is 2. The zero-order valence-corrected chi connectivity index (χ0v) is 11.8. The smallest absolute Gasteiger partial charge is 0.271 e. The first-order valence-electron chi connectivity index (χ1n) is 7.29. The number of hydrogen-bond acceptors (Lipinski definition) is 3. The van der Waals surface area contributed by atoms with Crippen LogP contribution in [0.2, 0.25) is 0 Å². The van der Waals surface area contributed by atoms with Crippen LogP contribution in [0.5, 0.6) is 0 Å². The van der Waals surface area contributed by atoms with Gasteiger partial charge in [0.15, 0.2) is 0 Å². The summed E-state index contributed by atoms with van der Waals surface area (Å²) >= 11 is 0. The maximum absolute atomic E-state index is 12.5. The van der Waals surface area contributed by atoms with Gasteiger partial charge < -0.3 is 10.0 Å². The van der Waals surface area contributed by atoms with E-state index in [1.165, 1.54) is 0 Å². The molecule has 5 nitrogen and oxygen atoms in total. The number of amides is 1. The third-order valence-corrected chi connectivity index (χ3v) is 3.94. The zero-order chi connectivity index (χ0) is 14.7. The Bertz CT molecular complexity index is 609. The predicted molar refractivity (Wildman–Crippen MR) is 79.7 cm³/mol. The van der Waals surface area contributed by atoms with Crippen LogP contribution >= 0.6 is 0 Å². The third-order valence-electron chi connectivity index (χ3n) is 3.94. The molecule has 0 radical (unpaired) electrons. The lowest BCUT2D eigenvalue weighted by molar-refractivity contribution is 0.0615. The molecule has 2 heterocycles. The van der Waals surface area contributed by atoms with Gasteiger partial charge in [-0.3, -0.25) is 9.89 Å². The quantitative estimate of drug-likeness (QED) is 0.905. The van der Waals surface area contributed by atoms with Gasteiger partial charge in [-0.1, -0.05) is 30.3 Å². The average Bonchev–Trinajstić information content (AvgIpc) is 3.05. The standard InChI is InChI=1S/C16H19N3O2/c20-11-12-5-4-8-19(10-12)16(21)15-9-14(17-18-15)13-6-2-1-3-7-13/h1-3,6-7,9,12,20H,4-5,8,10-11H2,(H,17,18). The number of piperidine rings is 1. The number of carbonyl (C=O) groups is 1. The van der Waals surface area contributed by atoms with E-state index < -0.39 is 0 Å². The fraction of sp³-hybridized carbons (Fsp3) is 0.375. The van der Waals surface area contributed by atoms with Crippen LogP contribution in [0.1, 0.15) is 23.3 Å². The number of nitrogens with one attached hydrogen (secondary N) is 1. The first-order chi connectivity index (χ1) is 10.3. The summed E-state index contributed by atoms with van der Waals surface area (Å²) in [4.78, 5) is 14.3. The van der Waals surface area contributed by atoms with Crippen molar-refractivity contribution in [3.05, 3.63) is 42.1 Å². The molecule has 2 N–H and O–H groups in total. The third kappa shape index (κ3) is 2.97. The highest BCUT2D eigenvalue weighted by Gasteiger charge is 2.25. The van der Waals surface area contributed by atoms with Gasteiger partial charge in [0, 0.05) is 25.3 Å². The molecular weight excluding hydrogens is 266 g/mol. The second kappa shape index (κ2) is 6.10. The second-order valence-electron chi connectivity index (χ2n) is 5.47. The summed E-state index contributed by atoms with van der Waals surface area (Å²) in [7, 11) is 0. The number of likely N-dealkylation sites (tertiary alicyclic amines) is 1. The van der Waals surface area contributed by atoms with Crippen LogP contribution in [-0.2, 0) is 0 Å². The fourth-order valence-corrected chi connectivity index (χ4v) is 2.76. The maximum Gasteiger partial charge on any atom is 0.271 e. The lowest BCUT2D eigenvalue weighted by Crippen LogP contribution is -2.41. The van der Waals surface area contributed by atoms with Crippen molar-refractivity contribution in [2.45, 2.75) is 12.8 Å². The number of hydrogen-bond donors (Lipinski definition) is 2. The molecule has 1 saturated heterocycles. The van der Waals surface area contributed by atoms with Crippen LogP contribution in [0.15, 0.2) is 36.4 Å². The van der Waals surface area contributed by atoms with Crippen molar-refractivity contribution in [2.75, 3.05) is 19.7 Å². The van der Waals surface area contributed by atoms with Gasteiger partial charge in [0.05, 0.1) is 5.69 Å². The number of carbonyl (C=O) groups excluding carboxylic acids is 1. The molecule has 0 saturated carbocycles. The molecule has 0 spiro atoms. The Hall–Kier alpha value is -2.14. The van der Waals surface area contributed by atoms with Crippen LogP contribution in [0.25, 0.3) is 11.3 Å². The van der Waals surface area contributed by atoms with E-state index in [0.717, 1.165) is 30.6 Å². The molecule has 1 unspecified atom stereocenters. The number of aliphatic hydroxyl groups is 1. The molecule has 0 bridgehead atoms. The van der Waals surface area contributed by atoms with Crippen LogP contribution < -0.4 is 0 Å². The normalized spacial score (nSPS) is 18.7. The van der Waals surface area contributed by atoms with Gasteiger partial charge in [-0.15, -0.1) is 0 Å². The number of benzene rings is 1. The lowest BCUT2D eigenvalue weighted by atomic mass is 9.99. The molecule has 3 rings (SSSR count). The van der Waals surface area contributed by atoms with Gasteiger partial charge in [0.2, 0.25) is 0 Å². The topological polar surface area (TPSA) is 69.2 Å². The molecule has 110 valence electrons. The van der Waals surface area contributed by atoms with Gasteiger partial charge in [0.25, 0.3) is 5.91 Å². The van der Waals surface area contributed by atoms with E-state index in [-0.39, 0.29) is 18.4 Å². The highest BCUT2D eigenvalue weighted by Crippen LogP contribution is 2.20. The summed E-state index contributed by atoms with van der Waals surface area (Å²) < 4.78 is 0. The van der Waals surface area contributed by atoms with E-state index in [1.807, 2.05) is 30.3 Å². The van der Waals surface area contributed by atoms with E-state index in [4.69, 9.17) is 0 Å². The molecule has 1 aliphatic heterocycles. The summed E-state index contributed by atoms with van der Waals surface area (Å²) in [5, 5.41) is 16.3. The Morgan fingerprint density at radius 1 is 1.38 bits per heavy atom. The molecule has 1 aromatic carbocycles. The van der Waals surface area contributed by atoms with Crippen molar-refractivity contribution in [3.8, 4) is 11.3 Å². The number of aromatic amines is 1. The van der Waals surface area contributed by atoms with Gasteiger partial charge in [-0.2, -0.15) is 5.10 Å². The molecule has 1 fully saturated rings. The van der Waals surface area contributed by atoms with Crippen molar-refractivity contribution in [1.82, 2.24) is 15.1 Å². The van der Waals surface area contributed by atoms with Crippen LogP contribution in [0, 0.1) is 5.92 Å².